The number of carbonyl (C=O) groups is 1. The smallest absolute Gasteiger partial charge is 0.323 e. The van der Waals surface area contributed by atoms with Gasteiger partial charge in [-0.05, 0) is 42.8 Å². The molecule has 0 spiro atoms. The van der Waals surface area contributed by atoms with Crippen molar-refractivity contribution in [1.29, 1.82) is 5.41 Å². The van der Waals surface area contributed by atoms with Crippen molar-refractivity contribution < 1.29 is 12.0 Å². The average Bonchev–Trinajstić information content (AvgIpc) is 2.71. The molecule has 1 aromatic heterocycles. The molecule has 2 amide bonds. The van der Waals surface area contributed by atoms with Crippen LogP contribution in [-0.2, 0) is 0 Å². The van der Waals surface area contributed by atoms with E-state index >= 15 is 0 Å². The van der Waals surface area contributed by atoms with Crippen LogP contribution in [0.3, 0.4) is 0 Å². The van der Waals surface area contributed by atoms with Crippen LogP contribution in [0.2, 0.25) is 0 Å². The molecule has 0 bridgehead atoms. The third kappa shape index (κ3) is 5.77. The van der Waals surface area contributed by atoms with E-state index in [1.807, 2.05) is 24.3 Å². The van der Waals surface area contributed by atoms with Crippen LogP contribution in [0, 0.1) is 5.41 Å². The second-order valence-electron chi connectivity index (χ2n) is 7.05. The summed E-state index contributed by atoms with van der Waals surface area (Å²) >= 11 is 1.33. The molecule has 0 unspecified atom stereocenters. The van der Waals surface area contributed by atoms with Gasteiger partial charge in [-0.1, -0.05) is 30.5 Å². The zero-order valence-electron chi connectivity index (χ0n) is 16.5. The standard InChI is InChI=1S/C21H26FN5OS.2H2/c1-14(29-15(2)23)16-3-4-17-13-25-20(12-18(17)11-16)26-21(28)27-9-5-19(6-10-27)24-8-7-22;;/h3-4,11-13,19,23-24H,1,5-10H2,2H3,(H,25,26,28);2*1H. The minimum absolute atomic E-state index is 0. The van der Waals surface area contributed by atoms with Crippen LogP contribution >= 0.6 is 11.8 Å². The Morgan fingerprint density at radius 3 is 2.83 bits per heavy atom. The van der Waals surface area contributed by atoms with Crippen LogP contribution in [0.1, 0.15) is 28.2 Å². The Labute approximate surface area is 177 Å². The lowest BCUT2D eigenvalue weighted by Crippen LogP contribution is -2.46. The van der Waals surface area contributed by atoms with Crippen LogP contribution in [0.15, 0.2) is 37.0 Å². The van der Waals surface area contributed by atoms with E-state index in [9.17, 15) is 9.18 Å². The summed E-state index contributed by atoms with van der Waals surface area (Å²) in [5.41, 5.74) is 0.945. The Balaban J connectivity index is 0.00000240. The highest BCUT2D eigenvalue weighted by Crippen LogP contribution is 2.29. The molecule has 0 aliphatic carbocycles. The fourth-order valence-corrected chi connectivity index (χ4v) is 3.97. The molecule has 1 fully saturated rings. The topological polar surface area (TPSA) is 81.1 Å². The van der Waals surface area contributed by atoms with E-state index in [0.29, 0.717) is 30.5 Å². The minimum Gasteiger partial charge on any atom is -0.324 e. The summed E-state index contributed by atoms with van der Waals surface area (Å²) in [5.74, 6) is 0.499. The molecular weight excluding hydrogens is 389 g/mol. The van der Waals surface area contributed by atoms with Gasteiger partial charge in [0.1, 0.15) is 12.5 Å². The van der Waals surface area contributed by atoms with Crippen molar-refractivity contribution in [3.05, 3.63) is 42.6 Å². The van der Waals surface area contributed by atoms with E-state index in [-0.39, 0.29) is 21.6 Å². The molecular formula is C21H30FN5OS. The molecule has 29 heavy (non-hydrogen) atoms. The van der Waals surface area contributed by atoms with Gasteiger partial charge in [0.15, 0.2) is 0 Å². The highest BCUT2D eigenvalue weighted by atomic mass is 32.2. The molecule has 6 nitrogen and oxygen atoms in total. The summed E-state index contributed by atoms with van der Waals surface area (Å²) in [4.78, 5) is 19.5. The van der Waals surface area contributed by atoms with Gasteiger partial charge in [-0.3, -0.25) is 10.7 Å². The zero-order valence-corrected chi connectivity index (χ0v) is 17.3. The molecule has 0 atom stereocenters. The number of benzene rings is 1. The maximum absolute atomic E-state index is 12.6. The number of aromatic nitrogens is 1. The van der Waals surface area contributed by atoms with Crippen LogP contribution in [-0.4, -0.2) is 53.3 Å². The number of thioether (sulfide) groups is 1. The number of halogens is 1. The number of nitrogens with zero attached hydrogens (tertiary/aromatic N) is 2. The maximum atomic E-state index is 12.6. The third-order valence-corrected chi connectivity index (χ3v) is 5.65. The largest absolute Gasteiger partial charge is 0.324 e. The number of carbonyl (C=O) groups excluding carboxylic acids is 1. The number of piperidine rings is 1. The number of rotatable bonds is 6. The van der Waals surface area contributed by atoms with Crippen molar-refractivity contribution in [1.82, 2.24) is 15.2 Å². The van der Waals surface area contributed by atoms with Gasteiger partial charge in [-0.2, -0.15) is 0 Å². The van der Waals surface area contributed by atoms with Gasteiger partial charge in [0, 0.05) is 45.0 Å². The maximum Gasteiger partial charge on any atom is 0.323 e. The van der Waals surface area contributed by atoms with Crippen LogP contribution in [0.4, 0.5) is 15.0 Å². The lowest BCUT2D eigenvalue weighted by atomic mass is 10.1. The Morgan fingerprint density at radius 2 is 2.14 bits per heavy atom. The predicted octanol–water partition coefficient (Wildman–Crippen LogP) is 4.98. The molecule has 158 valence electrons. The highest BCUT2D eigenvalue weighted by molar-refractivity contribution is 8.21. The van der Waals surface area contributed by atoms with Crippen molar-refractivity contribution >= 4 is 44.3 Å². The van der Waals surface area contributed by atoms with E-state index < -0.39 is 0 Å². The average molecular weight is 420 g/mol. The Hall–Kier alpha value is -2.45. The number of hydrogen-bond donors (Lipinski definition) is 3. The number of hydrogen-bond acceptors (Lipinski definition) is 5. The molecule has 1 saturated heterocycles. The molecule has 1 aromatic carbocycles. The molecule has 2 aromatic rings. The van der Waals surface area contributed by atoms with Crippen LogP contribution < -0.4 is 10.6 Å². The van der Waals surface area contributed by atoms with Gasteiger partial charge < -0.3 is 10.2 Å². The highest BCUT2D eigenvalue weighted by Gasteiger charge is 2.22. The van der Waals surface area contributed by atoms with Crippen molar-refractivity contribution in [3.8, 4) is 0 Å². The van der Waals surface area contributed by atoms with Crippen molar-refractivity contribution in [2.24, 2.45) is 0 Å². The van der Waals surface area contributed by atoms with Crippen LogP contribution in [0.25, 0.3) is 15.7 Å². The summed E-state index contributed by atoms with van der Waals surface area (Å²) in [6.07, 6.45) is 3.36. The third-order valence-electron chi connectivity index (χ3n) is 4.86. The summed E-state index contributed by atoms with van der Waals surface area (Å²) in [6.45, 7) is 7.02. The Morgan fingerprint density at radius 1 is 1.38 bits per heavy atom. The Bertz CT molecular complexity index is 922. The normalized spacial score (nSPS) is 14.8. The van der Waals surface area contributed by atoms with E-state index in [1.165, 1.54) is 11.8 Å². The first-order valence-corrected chi connectivity index (χ1v) is 10.5. The second-order valence-corrected chi connectivity index (χ2v) is 8.36. The zero-order chi connectivity index (χ0) is 20.8. The minimum atomic E-state index is -0.372. The first-order chi connectivity index (χ1) is 14.0. The molecule has 0 saturated carbocycles. The number of amides is 2. The molecule has 3 rings (SSSR count). The second kappa shape index (κ2) is 9.84. The molecule has 2 heterocycles. The number of anilines is 1. The summed E-state index contributed by atoms with van der Waals surface area (Å²) in [5, 5.41) is 16.1. The molecule has 1 aliphatic heterocycles. The summed E-state index contributed by atoms with van der Waals surface area (Å²) in [6, 6.07) is 7.86. The summed E-state index contributed by atoms with van der Waals surface area (Å²) < 4.78 is 12.3. The van der Waals surface area contributed by atoms with Crippen molar-refractivity contribution in [2.75, 3.05) is 31.6 Å². The molecule has 0 radical (unpaired) electrons. The summed E-state index contributed by atoms with van der Waals surface area (Å²) in [7, 11) is 0. The fraction of sp³-hybridized carbons (Fsp3) is 0.381. The van der Waals surface area contributed by atoms with Crippen molar-refractivity contribution in [3.63, 3.8) is 0 Å². The van der Waals surface area contributed by atoms with Crippen molar-refractivity contribution in [2.45, 2.75) is 25.8 Å². The van der Waals surface area contributed by atoms with Crippen LogP contribution in [0.5, 0.6) is 0 Å². The monoisotopic (exact) mass is 419 g/mol. The quantitative estimate of drug-likeness (QED) is 0.455. The molecule has 1 aliphatic rings. The SMILES string of the molecule is C=C(SC(C)=N)c1ccc2cnc(NC(=O)N3CCC(NCCF)CC3)cc2c1.[HH].[HH]. The molecule has 8 heteroatoms. The number of alkyl halides is 1. The number of nitrogens with one attached hydrogen (secondary N) is 3. The number of fused-ring (bicyclic) bond motifs is 1. The lowest BCUT2D eigenvalue weighted by molar-refractivity contribution is 0.188. The van der Waals surface area contributed by atoms with Gasteiger partial charge in [0.25, 0.3) is 0 Å². The lowest BCUT2D eigenvalue weighted by Gasteiger charge is -2.32. The van der Waals surface area contributed by atoms with Gasteiger partial charge >= 0.3 is 6.03 Å². The first kappa shape index (κ1) is 21.3. The molecule has 3 N–H and O–H groups in total. The van der Waals surface area contributed by atoms with E-state index in [1.54, 1.807) is 18.0 Å². The van der Waals surface area contributed by atoms with Gasteiger partial charge in [-0.15, -0.1) is 0 Å². The fourth-order valence-electron chi connectivity index (χ4n) is 3.36. The van der Waals surface area contributed by atoms with E-state index in [2.05, 4.69) is 22.2 Å². The van der Waals surface area contributed by atoms with Gasteiger partial charge in [0.2, 0.25) is 0 Å². The number of pyridine rings is 1. The number of likely N-dealkylation sites (tertiary alicyclic amines) is 1. The first-order valence-electron chi connectivity index (χ1n) is 9.63. The number of urea groups is 1. The predicted molar refractivity (Wildman–Crippen MR) is 124 cm³/mol. The van der Waals surface area contributed by atoms with Gasteiger partial charge in [0.05, 0.1) is 5.04 Å². The van der Waals surface area contributed by atoms with E-state index in [0.717, 1.165) is 34.1 Å². The van der Waals surface area contributed by atoms with Gasteiger partial charge in [-0.25, -0.2) is 14.2 Å². The Kier molecular flexibility index (Phi) is 7.22. The van der Waals surface area contributed by atoms with E-state index in [4.69, 9.17) is 5.41 Å².